The Balaban J connectivity index is 1.28. The van der Waals surface area contributed by atoms with Crippen molar-refractivity contribution in [2.45, 2.75) is 138 Å². The van der Waals surface area contributed by atoms with Crippen molar-refractivity contribution in [3.05, 3.63) is 23.5 Å². The number of fused-ring (bicyclic) bond motifs is 4. The largest absolute Gasteiger partial charge is 0.511 e. The van der Waals surface area contributed by atoms with E-state index in [0.29, 0.717) is 50.8 Å². The van der Waals surface area contributed by atoms with Gasteiger partial charge < -0.3 is 50.5 Å². The fourth-order valence-corrected chi connectivity index (χ4v) is 14.1. The van der Waals surface area contributed by atoms with Crippen LogP contribution in [0.3, 0.4) is 0 Å². The topological polar surface area (TPSA) is 218 Å². The molecule has 55 heavy (non-hydrogen) atoms. The van der Waals surface area contributed by atoms with Crippen molar-refractivity contribution in [3.63, 3.8) is 0 Å². The van der Waals surface area contributed by atoms with E-state index in [4.69, 9.17) is 9.47 Å². The molecule has 9 N–H and O–H groups in total. The second-order valence-electron chi connectivity index (χ2n) is 17.4. The van der Waals surface area contributed by atoms with Crippen molar-refractivity contribution >= 4 is 33.2 Å². The molecular formula is C40H62N2O11S2. The summed E-state index contributed by atoms with van der Waals surface area (Å²) in [5.74, 6) is -2.03. The van der Waals surface area contributed by atoms with Gasteiger partial charge in [-0.2, -0.15) is 0 Å². The Morgan fingerprint density at radius 2 is 1.71 bits per heavy atom. The number of piperidine rings is 1. The minimum absolute atomic E-state index is 0.0390. The monoisotopic (exact) mass is 810 g/mol. The number of allylic oxidation sites excluding steroid dienone is 4. The first-order chi connectivity index (χ1) is 26.5. The molecule has 3 saturated heterocycles. The zero-order valence-corrected chi connectivity index (χ0v) is 33.3. The smallest absolute Gasteiger partial charge is 0.187 e. The molecule has 1 spiro atoms. The van der Waals surface area contributed by atoms with Gasteiger partial charge in [-0.3, -0.25) is 14.9 Å². The molecule has 15 atom stereocenters. The third-order valence-electron chi connectivity index (χ3n) is 14.1. The third-order valence-corrected chi connectivity index (χ3v) is 16.8. The van der Waals surface area contributed by atoms with Gasteiger partial charge in [0.1, 0.15) is 40.9 Å². The van der Waals surface area contributed by atoms with Crippen LogP contribution in [0.15, 0.2) is 23.5 Å². The fraction of sp³-hybridized carbons (Fsp3) is 0.850. The summed E-state index contributed by atoms with van der Waals surface area (Å²) in [6, 6.07) is 0. The van der Waals surface area contributed by atoms with Crippen molar-refractivity contribution in [2.75, 3.05) is 32.2 Å². The molecule has 310 valence electrons. The summed E-state index contributed by atoms with van der Waals surface area (Å²) < 4.78 is 12.5. The number of nitrogens with one attached hydrogen (secondary N) is 2. The van der Waals surface area contributed by atoms with Gasteiger partial charge in [0.05, 0.1) is 36.6 Å². The summed E-state index contributed by atoms with van der Waals surface area (Å²) >= 11 is 0. The molecule has 0 radical (unpaired) electrons. The van der Waals surface area contributed by atoms with Crippen LogP contribution in [0.1, 0.15) is 89.9 Å². The normalized spacial score (nSPS) is 45.7. The van der Waals surface area contributed by atoms with Crippen LogP contribution in [-0.4, -0.2) is 127 Å². The maximum Gasteiger partial charge on any atom is 0.187 e. The molecule has 6 fully saturated rings. The molecule has 13 nitrogen and oxygen atoms in total. The van der Waals surface area contributed by atoms with Gasteiger partial charge in [0.2, 0.25) is 0 Å². The van der Waals surface area contributed by atoms with Gasteiger partial charge in [-0.1, -0.05) is 46.9 Å². The van der Waals surface area contributed by atoms with Crippen molar-refractivity contribution in [1.29, 1.82) is 0 Å². The summed E-state index contributed by atoms with van der Waals surface area (Å²) in [6.45, 7) is 0.117. The van der Waals surface area contributed by atoms with E-state index in [1.165, 1.54) is 21.6 Å². The van der Waals surface area contributed by atoms with Crippen LogP contribution in [0.4, 0.5) is 0 Å². The fourth-order valence-electron chi connectivity index (χ4n) is 11.2. The van der Waals surface area contributed by atoms with Crippen LogP contribution in [0.5, 0.6) is 0 Å². The van der Waals surface area contributed by atoms with E-state index in [9.17, 15) is 35.7 Å². The van der Waals surface area contributed by atoms with E-state index in [-0.39, 0.29) is 60.9 Å². The Labute approximate surface area is 331 Å². The van der Waals surface area contributed by atoms with E-state index < -0.39 is 71.3 Å². The summed E-state index contributed by atoms with van der Waals surface area (Å²) in [7, 11) is 2.99. The van der Waals surface area contributed by atoms with Crippen LogP contribution >= 0.6 is 21.6 Å². The maximum atomic E-state index is 15.6. The highest BCUT2D eigenvalue weighted by Crippen LogP contribution is 2.60. The summed E-state index contributed by atoms with van der Waals surface area (Å²) in [6.07, 6.45) is 5.32. The number of aliphatic hydroxyl groups is 7. The second kappa shape index (κ2) is 18.0. The summed E-state index contributed by atoms with van der Waals surface area (Å²) in [4.78, 5) is 30.6. The van der Waals surface area contributed by atoms with Crippen molar-refractivity contribution < 1.29 is 54.8 Å². The van der Waals surface area contributed by atoms with Crippen LogP contribution in [-0.2, 0) is 19.1 Å². The molecule has 7 aliphatic rings. The van der Waals surface area contributed by atoms with Crippen molar-refractivity contribution in [2.24, 2.45) is 40.9 Å². The molecule has 3 saturated carbocycles. The van der Waals surface area contributed by atoms with Crippen LogP contribution in [0.2, 0.25) is 0 Å². The van der Waals surface area contributed by atoms with Crippen molar-refractivity contribution in [1.82, 2.24) is 10.6 Å². The predicted molar refractivity (Wildman–Crippen MR) is 207 cm³/mol. The van der Waals surface area contributed by atoms with Gasteiger partial charge in [-0.15, -0.1) is 0 Å². The second-order valence-corrected chi connectivity index (χ2v) is 19.9. The SMILES string of the molecule is O=C1C2CCCC3OC4OC(CO)C(O)C(O)(CCC5CCNC(C5)NCSSC(CCCO)C5(C(=O)C32)C(O)=CC(CC2CCCC(CO)C2)=CC15)C4O. The van der Waals surface area contributed by atoms with Gasteiger partial charge >= 0.3 is 0 Å². The number of hydrogen-bond donors (Lipinski definition) is 9. The molecule has 3 heterocycles. The lowest BCUT2D eigenvalue weighted by atomic mass is 9.50. The number of hydrogen-bond acceptors (Lipinski definition) is 15. The number of ketones is 2. The number of Topliss-reactive ketones (excluding diaryl/α,β-unsaturated/α-hetero) is 2. The molecule has 0 aromatic heterocycles. The third kappa shape index (κ3) is 8.13. The first-order valence-corrected chi connectivity index (χ1v) is 23.1. The molecule has 15 heteroatoms. The highest BCUT2D eigenvalue weighted by atomic mass is 33.1. The molecule has 0 amide bonds. The predicted octanol–water partition coefficient (Wildman–Crippen LogP) is 2.47. The molecular weight excluding hydrogens is 749 g/mol. The van der Waals surface area contributed by atoms with Crippen LogP contribution < -0.4 is 10.6 Å². The Kier molecular flexibility index (Phi) is 13.8. The minimum atomic E-state index is -2.06. The van der Waals surface area contributed by atoms with E-state index in [1.807, 2.05) is 6.08 Å². The molecule has 0 aromatic rings. The first kappa shape index (κ1) is 42.1. The van der Waals surface area contributed by atoms with Gasteiger partial charge in [0, 0.05) is 24.4 Å². The number of ether oxygens (including phenoxy) is 2. The zero-order valence-electron chi connectivity index (χ0n) is 31.7. The molecule has 7 rings (SSSR count). The Morgan fingerprint density at radius 3 is 2.49 bits per heavy atom. The number of carbonyl (C=O) groups is 2. The Morgan fingerprint density at radius 1 is 0.909 bits per heavy atom. The van der Waals surface area contributed by atoms with Crippen molar-refractivity contribution in [3.8, 4) is 0 Å². The zero-order chi connectivity index (χ0) is 38.9. The molecule has 3 aliphatic heterocycles. The molecule has 6 bridgehead atoms. The summed E-state index contributed by atoms with van der Waals surface area (Å²) in [5.41, 5.74) is -2.88. The van der Waals surface area contributed by atoms with E-state index in [0.717, 1.165) is 50.6 Å². The number of rotatable bonds is 7. The molecule has 15 unspecified atom stereocenters. The van der Waals surface area contributed by atoms with E-state index >= 15 is 9.59 Å². The van der Waals surface area contributed by atoms with E-state index in [1.54, 1.807) is 6.08 Å². The first-order valence-electron chi connectivity index (χ1n) is 20.7. The van der Waals surface area contributed by atoms with Crippen LogP contribution in [0.25, 0.3) is 0 Å². The number of aliphatic hydroxyl groups excluding tert-OH is 6. The van der Waals surface area contributed by atoms with E-state index in [2.05, 4.69) is 10.6 Å². The van der Waals surface area contributed by atoms with Gasteiger partial charge in [-0.05, 0) is 107 Å². The lowest BCUT2D eigenvalue weighted by Gasteiger charge is -2.54. The standard InChI is InChI=1S/C40H62N2O11S2/c43-13-3-8-31-40-27(16-25(17-30(40)46)15-23-4-1-5-24(14-23)19-44)34(47)26-6-2-7-28(33(26)36(40)49)52-38-37(50)39(51,35(48)29(20-45)53-38)11-9-22-10-12-41-32(18-22)42-21-54-55-31/h16-17,22-24,26-29,31-33,35,37-38,41-46,48,50-51H,1-15,18-21H2. The quantitative estimate of drug-likeness (QED) is 0.169. The average Bonchev–Trinajstić information content (AvgIpc) is 3.19. The van der Waals surface area contributed by atoms with Gasteiger partial charge in [0.15, 0.2) is 12.1 Å². The lowest BCUT2D eigenvalue weighted by Crippen LogP contribution is -2.69. The lowest BCUT2D eigenvalue weighted by molar-refractivity contribution is -0.346. The summed E-state index contributed by atoms with van der Waals surface area (Å²) in [5, 5.41) is 84.0. The molecule has 4 aliphatic carbocycles. The maximum absolute atomic E-state index is 15.6. The highest BCUT2D eigenvalue weighted by Gasteiger charge is 2.67. The van der Waals surface area contributed by atoms with Gasteiger partial charge in [-0.25, -0.2) is 0 Å². The van der Waals surface area contributed by atoms with Gasteiger partial charge in [0.25, 0.3) is 0 Å². The van der Waals surface area contributed by atoms with Crippen LogP contribution in [0, 0.1) is 40.9 Å². The Bertz CT molecular complexity index is 1440. The Hall–Kier alpha value is -1.08. The average molecular weight is 811 g/mol. The minimum Gasteiger partial charge on any atom is -0.511 e. The molecule has 0 aromatic carbocycles. The highest BCUT2D eigenvalue weighted by molar-refractivity contribution is 8.76. The number of carbonyl (C=O) groups excluding carboxylic acids is 2.